The summed E-state index contributed by atoms with van der Waals surface area (Å²) >= 11 is 13.1. The number of carbonyl (C=O) groups is 1. The van der Waals surface area contributed by atoms with E-state index in [-0.39, 0.29) is 16.7 Å². The Bertz CT molecular complexity index is 1130. The van der Waals surface area contributed by atoms with Crippen LogP contribution in [0, 0.1) is 0 Å². The fraction of sp³-hybridized carbons (Fsp3) is 0.286. The number of Topliss-reactive ketones (excluding diaryl/α,β-unsaturated/α-hetero) is 1. The molecule has 2 aromatic carbocycles. The monoisotopic (exact) mass is 485 g/mol. The number of rotatable bonds is 4. The fourth-order valence-electron chi connectivity index (χ4n) is 3.47. The number of carbonyl (C=O) groups excluding carboxylic acids is 1. The van der Waals surface area contributed by atoms with Gasteiger partial charge in [-0.15, -0.1) is 10.2 Å². The highest BCUT2D eigenvalue weighted by Crippen LogP contribution is 2.39. The Hall–Kier alpha value is -2.03. The van der Waals surface area contributed by atoms with Gasteiger partial charge in [-0.2, -0.15) is 13.2 Å². The minimum absolute atomic E-state index is 0.113. The molecule has 4 nitrogen and oxygen atoms in total. The van der Waals surface area contributed by atoms with Crippen molar-refractivity contribution in [3.63, 3.8) is 0 Å². The van der Waals surface area contributed by atoms with E-state index in [0.29, 0.717) is 34.4 Å². The van der Waals surface area contributed by atoms with E-state index < -0.39 is 16.8 Å². The number of alkyl halides is 3. The topological polar surface area (TPSA) is 47.8 Å². The molecule has 1 unspecified atom stereocenters. The number of ketones is 1. The molecule has 4 rings (SSSR count). The quantitative estimate of drug-likeness (QED) is 0.404. The van der Waals surface area contributed by atoms with Gasteiger partial charge in [0.05, 0.1) is 21.5 Å². The molecular formula is C21H16Cl2F3N3OS. The third-order valence-corrected chi connectivity index (χ3v) is 6.80. The predicted molar refractivity (Wildman–Crippen MR) is 115 cm³/mol. The van der Waals surface area contributed by atoms with Crippen LogP contribution >= 0.6 is 35.0 Å². The van der Waals surface area contributed by atoms with Crippen molar-refractivity contribution in [2.75, 3.05) is 0 Å². The highest BCUT2D eigenvalue weighted by atomic mass is 35.5. The minimum Gasteiger partial charge on any atom is -0.298 e. The van der Waals surface area contributed by atoms with E-state index in [1.165, 1.54) is 28.5 Å². The molecule has 0 N–H and O–H groups in total. The van der Waals surface area contributed by atoms with Crippen molar-refractivity contribution in [2.45, 2.75) is 42.3 Å². The van der Waals surface area contributed by atoms with Crippen molar-refractivity contribution in [1.29, 1.82) is 0 Å². The summed E-state index contributed by atoms with van der Waals surface area (Å²) < 4.78 is 42.0. The molecule has 1 heterocycles. The molecule has 31 heavy (non-hydrogen) atoms. The van der Waals surface area contributed by atoms with Crippen LogP contribution in [-0.2, 0) is 11.0 Å². The highest BCUT2D eigenvalue weighted by Gasteiger charge is 2.34. The second-order valence-electron chi connectivity index (χ2n) is 7.13. The first-order valence-corrected chi connectivity index (χ1v) is 11.2. The number of halogens is 5. The van der Waals surface area contributed by atoms with Gasteiger partial charge >= 0.3 is 6.18 Å². The lowest BCUT2D eigenvalue weighted by molar-refractivity contribution is -0.137. The maximum atomic E-state index is 13.5. The summed E-state index contributed by atoms with van der Waals surface area (Å²) in [5.74, 6) is 0.436. The van der Waals surface area contributed by atoms with Crippen molar-refractivity contribution in [3.8, 4) is 17.1 Å². The number of nitrogens with zero attached hydrogens (tertiary/aromatic N) is 3. The van der Waals surface area contributed by atoms with Gasteiger partial charge in [0.25, 0.3) is 0 Å². The molecule has 1 aliphatic rings. The van der Waals surface area contributed by atoms with Gasteiger partial charge in [0, 0.05) is 17.0 Å². The first-order chi connectivity index (χ1) is 14.7. The molecule has 1 saturated carbocycles. The molecule has 0 saturated heterocycles. The zero-order valence-corrected chi connectivity index (χ0v) is 18.3. The summed E-state index contributed by atoms with van der Waals surface area (Å²) in [6, 6.07) is 10.4. The normalized spacial score (nSPS) is 17.2. The predicted octanol–water partition coefficient (Wildman–Crippen LogP) is 6.86. The molecule has 1 aliphatic carbocycles. The van der Waals surface area contributed by atoms with Crippen molar-refractivity contribution in [3.05, 3.63) is 58.1 Å². The van der Waals surface area contributed by atoms with E-state index in [9.17, 15) is 18.0 Å². The Labute approximate surface area is 190 Å². The number of hydrogen-bond acceptors (Lipinski definition) is 4. The first-order valence-electron chi connectivity index (χ1n) is 9.52. The molecule has 0 bridgehead atoms. The average molecular weight is 486 g/mol. The van der Waals surface area contributed by atoms with Crippen LogP contribution in [0.1, 0.15) is 31.2 Å². The molecule has 0 spiro atoms. The Morgan fingerprint density at radius 3 is 2.58 bits per heavy atom. The lowest BCUT2D eigenvalue weighted by Gasteiger charge is -2.20. The van der Waals surface area contributed by atoms with Crippen molar-refractivity contribution in [1.82, 2.24) is 14.8 Å². The Morgan fingerprint density at radius 2 is 1.87 bits per heavy atom. The minimum atomic E-state index is -4.62. The lowest BCUT2D eigenvalue weighted by Crippen LogP contribution is -2.21. The third-order valence-electron chi connectivity index (χ3n) is 4.98. The summed E-state index contributed by atoms with van der Waals surface area (Å²) in [4.78, 5) is 12.3. The van der Waals surface area contributed by atoms with Crippen LogP contribution < -0.4 is 0 Å². The van der Waals surface area contributed by atoms with Gasteiger partial charge < -0.3 is 0 Å². The van der Waals surface area contributed by atoms with Gasteiger partial charge in [-0.1, -0.05) is 53.5 Å². The zero-order chi connectivity index (χ0) is 22.2. The summed E-state index contributed by atoms with van der Waals surface area (Å²) in [6.07, 6.45) is -1.67. The number of hydrogen-bond donors (Lipinski definition) is 0. The Kier molecular flexibility index (Phi) is 6.32. The van der Waals surface area contributed by atoms with E-state index in [1.54, 1.807) is 24.3 Å². The molecule has 0 amide bonds. The SMILES string of the molecule is O=C1CCCCC1Sc1nnc(-c2cccc(Cl)c2)n1-c1ccc(Cl)c(C(F)(F)F)c1. The second-order valence-corrected chi connectivity index (χ2v) is 9.15. The van der Waals surface area contributed by atoms with Gasteiger partial charge in [-0.05, 0) is 43.2 Å². The van der Waals surface area contributed by atoms with Crippen LogP contribution in [0.5, 0.6) is 0 Å². The summed E-state index contributed by atoms with van der Waals surface area (Å²) in [6.45, 7) is 0. The molecule has 3 aromatic rings. The molecule has 1 fully saturated rings. The molecular weight excluding hydrogens is 470 g/mol. The summed E-state index contributed by atoms with van der Waals surface area (Å²) in [7, 11) is 0. The number of benzene rings is 2. The van der Waals surface area contributed by atoms with Gasteiger partial charge in [0.15, 0.2) is 11.0 Å². The smallest absolute Gasteiger partial charge is 0.298 e. The molecule has 10 heteroatoms. The standard InChI is InChI=1S/C21H16Cl2F3N3OS/c22-13-5-3-4-12(10-13)19-27-28-20(31-18-7-2-1-6-17(18)30)29(19)14-8-9-16(23)15(11-14)21(24,25)26/h3-5,8-11,18H,1-2,6-7H2. The fourth-order valence-corrected chi connectivity index (χ4v) is 5.05. The van der Waals surface area contributed by atoms with Gasteiger partial charge in [0.1, 0.15) is 5.78 Å². The van der Waals surface area contributed by atoms with Crippen LogP contribution in [0.3, 0.4) is 0 Å². The van der Waals surface area contributed by atoms with Crippen molar-refractivity contribution >= 4 is 40.7 Å². The number of aromatic nitrogens is 3. The average Bonchev–Trinajstić information content (AvgIpc) is 3.13. The first kappa shape index (κ1) is 22.2. The molecule has 1 aromatic heterocycles. The maximum Gasteiger partial charge on any atom is 0.417 e. The van der Waals surface area contributed by atoms with E-state index in [1.807, 2.05) is 0 Å². The maximum absolute atomic E-state index is 13.5. The zero-order valence-electron chi connectivity index (χ0n) is 16.0. The van der Waals surface area contributed by atoms with E-state index in [4.69, 9.17) is 23.2 Å². The van der Waals surface area contributed by atoms with Crippen molar-refractivity contribution < 1.29 is 18.0 Å². The molecule has 0 aliphatic heterocycles. The van der Waals surface area contributed by atoms with Crippen LogP contribution in [0.4, 0.5) is 13.2 Å². The molecule has 162 valence electrons. The second kappa shape index (κ2) is 8.84. The van der Waals surface area contributed by atoms with Crippen LogP contribution in [0.2, 0.25) is 10.0 Å². The Morgan fingerprint density at radius 1 is 1.06 bits per heavy atom. The van der Waals surface area contributed by atoms with E-state index >= 15 is 0 Å². The summed E-state index contributed by atoms with van der Waals surface area (Å²) in [5, 5.41) is 8.51. The van der Waals surface area contributed by atoms with Crippen LogP contribution in [0.25, 0.3) is 17.1 Å². The van der Waals surface area contributed by atoms with E-state index in [0.717, 1.165) is 18.9 Å². The van der Waals surface area contributed by atoms with Gasteiger partial charge in [0.2, 0.25) is 0 Å². The van der Waals surface area contributed by atoms with E-state index in [2.05, 4.69) is 10.2 Å². The number of thioether (sulfide) groups is 1. The summed E-state index contributed by atoms with van der Waals surface area (Å²) in [5.41, 5.74) is -0.171. The van der Waals surface area contributed by atoms with Crippen LogP contribution in [0.15, 0.2) is 47.6 Å². The lowest BCUT2D eigenvalue weighted by atomic mass is 9.99. The largest absolute Gasteiger partial charge is 0.417 e. The van der Waals surface area contributed by atoms with Gasteiger partial charge in [-0.25, -0.2) is 0 Å². The van der Waals surface area contributed by atoms with Crippen molar-refractivity contribution in [2.24, 2.45) is 0 Å². The Balaban J connectivity index is 1.86. The molecule has 1 atom stereocenters. The van der Waals surface area contributed by atoms with Crippen LogP contribution in [-0.4, -0.2) is 25.8 Å². The third kappa shape index (κ3) is 4.76. The molecule has 0 radical (unpaired) electrons. The highest BCUT2D eigenvalue weighted by molar-refractivity contribution is 8.00. The van der Waals surface area contributed by atoms with Gasteiger partial charge in [-0.3, -0.25) is 9.36 Å².